The predicted octanol–water partition coefficient (Wildman–Crippen LogP) is 4.08. The van der Waals surface area contributed by atoms with Gasteiger partial charge in [0.25, 0.3) is 5.91 Å². The molecular formula is C21H19FN2O3S. The number of hydrogen-bond donors (Lipinski definition) is 1. The van der Waals surface area contributed by atoms with Gasteiger partial charge in [-0.15, -0.1) is 11.3 Å². The van der Waals surface area contributed by atoms with Crippen molar-refractivity contribution >= 4 is 34.3 Å². The molecular weight excluding hydrogens is 379 g/mol. The van der Waals surface area contributed by atoms with Gasteiger partial charge in [-0.3, -0.25) is 4.79 Å². The highest BCUT2D eigenvalue weighted by molar-refractivity contribution is 7.16. The molecule has 1 aromatic heterocycles. The summed E-state index contributed by atoms with van der Waals surface area (Å²) in [7, 11) is 0. The van der Waals surface area contributed by atoms with Gasteiger partial charge >= 0.3 is 5.97 Å². The molecule has 7 heteroatoms. The first-order chi connectivity index (χ1) is 13.5. The van der Waals surface area contributed by atoms with Gasteiger partial charge in [-0.1, -0.05) is 19.1 Å². The van der Waals surface area contributed by atoms with E-state index in [0.717, 1.165) is 29.7 Å². The van der Waals surface area contributed by atoms with Crippen LogP contribution in [0.4, 0.5) is 9.39 Å². The highest BCUT2D eigenvalue weighted by Gasteiger charge is 2.24. The standard InChI is InChI=1S/C21H19FN2O3S/c1-13-2-8-16-17(11-23)21(28-18(16)10-13)24-19(25)12-27-20(26)9-5-14-3-6-15(22)7-4-14/h3-7,9,13H,2,8,10,12H2,1H3,(H,24,25). The normalized spacial score (nSPS) is 15.7. The topological polar surface area (TPSA) is 79.2 Å². The largest absolute Gasteiger partial charge is 0.452 e. The number of thiophene rings is 1. The highest BCUT2D eigenvalue weighted by Crippen LogP contribution is 2.39. The van der Waals surface area contributed by atoms with E-state index < -0.39 is 18.5 Å². The van der Waals surface area contributed by atoms with E-state index in [1.165, 1.54) is 47.8 Å². The summed E-state index contributed by atoms with van der Waals surface area (Å²) in [6.45, 7) is 1.72. The van der Waals surface area contributed by atoms with E-state index in [0.29, 0.717) is 22.0 Å². The van der Waals surface area contributed by atoms with E-state index in [1.54, 1.807) is 0 Å². The molecule has 0 aliphatic heterocycles. The number of anilines is 1. The Morgan fingerprint density at radius 3 is 2.86 bits per heavy atom. The summed E-state index contributed by atoms with van der Waals surface area (Å²) in [6, 6.07) is 7.79. The summed E-state index contributed by atoms with van der Waals surface area (Å²) < 4.78 is 17.8. The number of amides is 1. The molecule has 1 atom stereocenters. The van der Waals surface area contributed by atoms with Crippen LogP contribution in [0.15, 0.2) is 30.3 Å². The van der Waals surface area contributed by atoms with Crippen LogP contribution in [-0.2, 0) is 27.2 Å². The maximum Gasteiger partial charge on any atom is 0.331 e. The Hall–Kier alpha value is -2.98. The molecule has 1 aromatic carbocycles. The first kappa shape index (κ1) is 19.8. The number of nitrogens with zero attached hydrogens (tertiary/aromatic N) is 1. The van der Waals surface area contributed by atoms with E-state index in [4.69, 9.17) is 4.74 Å². The molecule has 0 radical (unpaired) electrons. The average Bonchev–Trinajstić information content (AvgIpc) is 3.01. The first-order valence-corrected chi connectivity index (χ1v) is 9.72. The lowest BCUT2D eigenvalue weighted by Gasteiger charge is -2.17. The number of halogens is 1. The number of fused-ring (bicyclic) bond motifs is 1. The minimum atomic E-state index is -0.681. The van der Waals surface area contributed by atoms with E-state index in [9.17, 15) is 19.2 Å². The van der Waals surface area contributed by atoms with E-state index in [-0.39, 0.29) is 5.82 Å². The van der Waals surface area contributed by atoms with Crippen molar-refractivity contribution in [2.45, 2.75) is 26.2 Å². The van der Waals surface area contributed by atoms with Crippen LogP contribution in [0.3, 0.4) is 0 Å². The Morgan fingerprint density at radius 1 is 1.39 bits per heavy atom. The van der Waals surface area contributed by atoms with Crippen molar-refractivity contribution in [3.05, 3.63) is 57.7 Å². The molecule has 2 aromatic rings. The summed E-state index contributed by atoms with van der Waals surface area (Å²) >= 11 is 1.42. The van der Waals surface area contributed by atoms with Gasteiger partial charge < -0.3 is 10.1 Å². The SMILES string of the molecule is CC1CCc2c(sc(NC(=O)COC(=O)C=Cc3ccc(F)cc3)c2C#N)C1. The quantitative estimate of drug-likeness (QED) is 0.608. The van der Waals surface area contributed by atoms with Crippen molar-refractivity contribution < 1.29 is 18.7 Å². The Labute approximate surface area is 166 Å². The van der Waals surface area contributed by atoms with E-state index in [2.05, 4.69) is 18.3 Å². The van der Waals surface area contributed by atoms with Crippen LogP contribution < -0.4 is 5.32 Å². The van der Waals surface area contributed by atoms with Crippen LogP contribution in [0.25, 0.3) is 6.08 Å². The van der Waals surface area contributed by atoms with Crippen LogP contribution in [-0.4, -0.2) is 18.5 Å². The minimum absolute atomic E-state index is 0.363. The fourth-order valence-electron chi connectivity index (χ4n) is 3.04. The van der Waals surface area contributed by atoms with Crippen molar-refractivity contribution in [2.24, 2.45) is 5.92 Å². The van der Waals surface area contributed by atoms with Crippen molar-refractivity contribution in [2.75, 3.05) is 11.9 Å². The van der Waals surface area contributed by atoms with Gasteiger partial charge in [0.2, 0.25) is 0 Å². The number of hydrogen-bond acceptors (Lipinski definition) is 5. The molecule has 1 aliphatic carbocycles. The Bertz CT molecular complexity index is 957. The van der Waals surface area contributed by atoms with Gasteiger partial charge in [0.05, 0.1) is 5.56 Å². The number of nitriles is 1. The lowest BCUT2D eigenvalue weighted by molar-refractivity contribution is -0.142. The molecule has 1 amide bonds. The molecule has 0 bridgehead atoms. The summed E-state index contributed by atoms with van der Waals surface area (Å²) in [5, 5.41) is 12.6. The van der Waals surface area contributed by atoms with Gasteiger partial charge in [-0.25, -0.2) is 9.18 Å². The molecule has 3 rings (SSSR count). The molecule has 0 saturated heterocycles. The third kappa shape index (κ3) is 4.84. The van der Waals surface area contributed by atoms with Gasteiger partial charge in [0, 0.05) is 11.0 Å². The van der Waals surface area contributed by atoms with Crippen LogP contribution >= 0.6 is 11.3 Å². The molecule has 0 fully saturated rings. The fourth-order valence-corrected chi connectivity index (χ4v) is 4.42. The van der Waals surface area contributed by atoms with Crippen LogP contribution in [0, 0.1) is 23.1 Å². The van der Waals surface area contributed by atoms with Gasteiger partial charge in [-0.2, -0.15) is 5.26 Å². The van der Waals surface area contributed by atoms with Crippen LogP contribution in [0.2, 0.25) is 0 Å². The summed E-state index contributed by atoms with van der Waals surface area (Å²) in [5.74, 6) is -0.973. The zero-order valence-electron chi connectivity index (χ0n) is 15.3. The average molecular weight is 398 g/mol. The molecule has 1 unspecified atom stereocenters. The highest BCUT2D eigenvalue weighted by atomic mass is 32.1. The molecule has 1 heterocycles. The summed E-state index contributed by atoms with van der Waals surface area (Å²) in [6.07, 6.45) is 5.43. The van der Waals surface area contributed by atoms with Crippen LogP contribution in [0.1, 0.15) is 34.9 Å². The van der Waals surface area contributed by atoms with E-state index >= 15 is 0 Å². The lowest BCUT2D eigenvalue weighted by Crippen LogP contribution is -2.20. The molecule has 1 aliphatic rings. The number of carbonyl (C=O) groups excluding carboxylic acids is 2. The molecule has 1 N–H and O–H groups in total. The van der Waals surface area contributed by atoms with Gasteiger partial charge in [-0.05, 0) is 54.5 Å². The molecule has 144 valence electrons. The number of carbonyl (C=O) groups is 2. The second-order valence-electron chi connectivity index (χ2n) is 6.71. The second-order valence-corrected chi connectivity index (χ2v) is 7.81. The summed E-state index contributed by atoms with van der Waals surface area (Å²) in [4.78, 5) is 25.0. The summed E-state index contributed by atoms with van der Waals surface area (Å²) in [5.41, 5.74) is 2.18. The lowest BCUT2D eigenvalue weighted by atomic mass is 9.89. The maximum absolute atomic E-state index is 12.8. The molecule has 28 heavy (non-hydrogen) atoms. The third-order valence-corrected chi connectivity index (χ3v) is 5.67. The van der Waals surface area contributed by atoms with Gasteiger partial charge in [0.1, 0.15) is 16.9 Å². The second kappa shape index (κ2) is 8.81. The van der Waals surface area contributed by atoms with E-state index in [1.807, 2.05) is 0 Å². The zero-order valence-corrected chi connectivity index (χ0v) is 16.1. The Balaban J connectivity index is 1.55. The smallest absolute Gasteiger partial charge is 0.331 e. The molecule has 0 spiro atoms. The van der Waals surface area contributed by atoms with Crippen molar-refractivity contribution in [1.82, 2.24) is 0 Å². The van der Waals surface area contributed by atoms with Crippen molar-refractivity contribution in [1.29, 1.82) is 5.26 Å². The number of esters is 1. The number of nitrogens with one attached hydrogen (secondary N) is 1. The monoisotopic (exact) mass is 398 g/mol. The molecule has 5 nitrogen and oxygen atoms in total. The fraction of sp³-hybridized carbons (Fsp3) is 0.286. The molecule has 0 saturated carbocycles. The van der Waals surface area contributed by atoms with Crippen molar-refractivity contribution in [3.63, 3.8) is 0 Å². The van der Waals surface area contributed by atoms with Gasteiger partial charge in [0.15, 0.2) is 6.61 Å². The Morgan fingerprint density at radius 2 is 2.14 bits per heavy atom. The Kier molecular flexibility index (Phi) is 6.22. The minimum Gasteiger partial charge on any atom is -0.452 e. The van der Waals surface area contributed by atoms with Crippen LogP contribution in [0.5, 0.6) is 0 Å². The van der Waals surface area contributed by atoms with Crippen molar-refractivity contribution in [3.8, 4) is 6.07 Å². The number of rotatable bonds is 5. The predicted molar refractivity (Wildman–Crippen MR) is 105 cm³/mol. The number of ether oxygens (including phenoxy) is 1. The first-order valence-electron chi connectivity index (χ1n) is 8.91. The number of benzene rings is 1. The maximum atomic E-state index is 12.8. The zero-order chi connectivity index (χ0) is 20.1. The third-order valence-electron chi connectivity index (χ3n) is 4.50.